The van der Waals surface area contributed by atoms with E-state index in [-0.39, 0.29) is 5.91 Å². The van der Waals surface area contributed by atoms with E-state index in [1.165, 1.54) is 0 Å². The van der Waals surface area contributed by atoms with Crippen molar-refractivity contribution in [2.75, 3.05) is 31.0 Å². The molecule has 144 valence electrons. The van der Waals surface area contributed by atoms with Gasteiger partial charge in [-0.2, -0.15) is 0 Å². The highest BCUT2D eigenvalue weighted by Gasteiger charge is 2.14. The van der Waals surface area contributed by atoms with E-state index >= 15 is 0 Å². The molecule has 0 aliphatic carbocycles. The van der Waals surface area contributed by atoms with Crippen molar-refractivity contribution in [2.24, 2.45) is 0 Å². The minimum atomic E-state index is -0.311. The molecule has 3 rings (SSSR count). The van der Waals surface area contributed by atoms with E-state index in [1.807, 2.05) is 36.4 Å². The number of nitrogens with one attached hydrogen (secondary N) is 1. The van der Waals surface area contributed by atoms with Crippen molar-refractivity contribution in [2.45, 2.75) is 6.92 Å². The van der Waals surface area contributed by atoms with E-state index in [1.54, 1.807) is 44.7 Å². The van der Waals surface area contributed by atoms with Crippen molar-refractivity contribution in [1.82, 2.24) is 4.98 Å². The van der Waals surface area contributed by atoms with Gasteiger partial charge in [-0.3, -0.25) is 9.78 Å². The first-order valence-electron chi connectivity index (χ1n) is 8.98. The van der Waals surface area contributed by atoms with Crippen LogP contribution in [0.5, 0.6) is 11.5 Å². The lowest BCUT2D eigenvalue weighted by atomic mass is 10.2. The van der Waals surface area contributed by atoms with Gasteiger partial charge in [0.2, 0.25) is 0 Å². The molecule has 0 aliphatic rings. The number of ether oxygens (including phenoxy) is 2. The average molecular weight is 377 g/mol. The fourth-order valence-corrected chi connectivity index (χ4v) is 2.92. The number of carbonyl (C=O) groups excluding carboxylic acids is 1. The van der Waals surface area contributed by atoms with Crippen LogP contribution in [0, 0.1) is 0 Å². The summed E-state index contributed by atoms with van der Waals surface area (Å²) in [6.07, 6.45) is 1.64. The van der Waals surface area contributed by atoms with Gasteiger partial charge in [0.05, 0.1) is 19.9 Å². The molecule has 1 aromatic heterocycles. The van der Waals surface area contributed by atoms with E-state index < -0.39 is 0 Å². The zero-order chi connectivity index (χ0) is 19.9. The minimum absolute atomic E-state index is 0.311. The van der Waals surface area contributed by atoms with Gasteiger partial charge in [-0.05, 0) is 43.3 Å². The monoisotopic (exact) mass is 377 g/mol. The third-order valence-electron chi connectivity index (χ3n) is 4.33. The Bertz CT molecular complexity index is 945. The Balaban J connectivity index is 1.85. The molecule has 2 aromatic carbocycles. The Hall–Kier alpha value is -3.54. The van der Waals surface area contributed by atoms with Gasteiger partial charge in [-0.1, -0.05) is 18.2 Å². The number of para-hydroxylation sites is 1. The molecule has 1 heterocycles. The van der Waals surface area contributed by atoms with Gasteiger partial charge in [0.1, 0.15) is 17.2 Å². The molecule has 0 fully saturated rings. The quantitative estimate of drug-likeness (QED) is 0.656. The third kappa shape index (κ3) is 4.23. The fraction of sp³-hybridized carbons (Fsp3) is 0.182. The molecular weight excluding hydrogens is 354 g/mol. The largest absolute Gasteiger partial charge is 0.497 e. The van der Waals surface area contributed by atoms with Crippen molar-refractivity contribution in [3.63, 3.8) is 0 Å². The van der Waals surface area contributed by atoms with Crippen molar-refractivity contribution in [3.8, 4) is 11.5 Å². The number of hydrogen-bond donors (Lipinski definition) is 1. The standard InChI is InChI=1S/C22H23N3O3/c1-4-25(16-8-6-5-7-9-16)17-12-13-23-20(14-17)22(26)24-19-11-10-18(27-2)15-21(19)28-3/h5-15H,4H2,1-3H3,(H,24,26). The summed E-state index contributed by atoms with van der Waals surface area (Å²) in [5, 5.41) is 2.85. The molecule has 0 aliphatic heterocycles. The van der Waals surface area contributed by atoms with Gasteiger partial charge < -0.3 is 19.7 Å². The fourth-order valence-electron chi connectivity index (χ4n) is 2.92. The number of carbonyl (C=O) groups is 1. The molecule has 0 spiro atoms. The number of amides is 1. The lowest BCUT2D eigenvalue weighted by Crippen LogP contribution is -2.18. The number of rotatable bonds is 7. The molecule has 1 N–H and O–H groups in total. The predicted octanol–water partition coefficient (Wildman–Crippen LogP) is 4.51. The zero-order valence-electron chi connectivity index (χ0n) is 16.2. The van der Waals surface area contributed by atoms with Crippen molar-refractivity contribution < 1.29 is 14.3 Å². The van der Waals surface area contributed by atoms with Crippen molar-refractivity contribution in [1.29, 1.82) is 0 Å². The summed E-state index contributed by atoms with van der Waals surface area (Å²) in [6, 6.07) is 18.9. The van der Waals surface area contributed by atoms with Gasteiger partial charge >= 0.3 is 0 Å². The first-order chi connectivity index (χ1) is 13.7. The molecule has 28 heavy (non-hydrogen) atoms. The van der Waals surface area contributed by atoms with E-state index in [4.69, 9.17) is 9.47 Å². The van der Waals surface area contributed by atoms with Crippen molar-refractivity contribution in [3.05, 3.63) is 72.6 Å². The normalized spacial score (nSPS) is 10.2. The summed E-state index contributed by atoms with van der Waals surface area (Å²) >= 11 is 0. The van der Waals surface area contributed by atoms with Crippen LogP contribution >= 0.6 is 0 Å². The van der Waals surface area contributed by atoms with Crippen LogP contribution in [0.1, 0.15) is 17.4 Å². The molecule has 1 amide bonds. The highest BCUT2D eigenvalue weighted by molar-refractivity contribution is 6.04. The number of anilines is 3. The van der Waals surface area contributed by atoms with Gasteiger partial charge in [-0.25, -0.2) is 0 Å². The van der Waals surface area contributed by atoms with Gasteiger partial charge in [0, 0.05) is 30.2 Å². The maximum Gasteiger partial charge on any atom is 0.274 e. The third-order valence-corrected chi connectivity index (χ3v) is 4.33. The van der Waals surface area contributed by atoms with Crippen LogP contribution in [-0.4, -0.2) is 31.7 Å². The zero-order valence-corrected chi connectivity index (χ0v) is 16.2. The van der Waals surface area contributed by atoms with Gasteiger partial charge in [0.15, 0.2) is 0 Å². The second-order valence-corrected chi connectivity index (χ2v) is 6.00. The van der Waals surface area contributed by atoms with E-state index in [0.717, 1.165) is 17.9 Å². The number of methoxy groups -OCH3 is 2. The Morgan fingerprint density at radius 1 is 1.00 bits per heavy atom. The van der Waals surface area contributed by atoms with E-state index in [0.29, 0.717) is 22.9 Å². The first kappa shape index (κ1) is 19.2. The Morgan fingerprint density at radius 2 is 1.79 bits per heavy atom. The highest BCUT2D eigenvalue weighted by atomic mass is 16.5. The summed E-state index contributed by atoms with van der Waals surface area (Å²) in [5.41, 5.74) is 2.83. The lowest BCUT2D eigenvalue weighted by molar-refractivity contribution is 0.102. The number of hydrogen-bond acceptors (Lipinski definition) is 5. The molecule has 0 saturated carbocycles. The first-order valence-corrected chi connectivity index (χ1v) is 8.98. The van der Waals surface area contributed by atoms with Crippen LogP contribution < -0.4 is 19.7 Å². The Kier molecular flexibility index (Phi) is 6.11. The second kappa shape index (κ2) is 8.90. The number of benzene rings is 2. The topological polar surface area (TPSA) is 63.7 Å². The maximum atomic E-state index is 12.8. The Morgan fingerprint density at radius 3 is 2.46 bits per heavy atom. The molecule has 0 radical (unpaired) electrons. The molecule has 6 nitrogen and oxygen atoms in total. The Labute approximate surface area is 164 Å². The predicted molar refractivity (Wildman–Crippen MR) is 111 cm³/mol. The molecule has 0 unspecified atom stereocenters. The highest BCUT2D eigenvalue weighted by Crippen LogP contribution is 2.30. The lowest BCUT2D eigenvalue weighted by Gasteiger charge is -2.23. The molecule has 0 saturated heterocycles. The molecule has 6 heteroatoms. The number of nitrogens with zero attached hydrogens (tertiary/aromatic N) is 2. The minimum Gasteiger partial charge on any atom is -0.497 e. The van der Waals surface area contributed by atoms with Crippen LogP contribution in [0.4, 0.5) is 17.1 Å². The van der Waals surface area contributed by atoms with Crippen LogP contribution in [-0.2, 0) is 0 Å². The van der Waals surface area contributed by atoms with Crippen LogP contribution in [0.25, 0.3) is 0 Å². The van der Waals surface area contributed by atoms with Crippen molar-refractivity contribution >= 4 is 23.0 Å². The van der Waals surface area contributed by atoms with E-state index in [2.05, 4.69) is 22.1 Å². The SMILES string of the molecule is CCN(c1ccccc1)c1ccnc(C(=O)Nc2ccc(OC)cc2OC)c1. The molecule has 0 atom stereocenters. The number of pyridine rings is 1. The molecule has 0 bridgehead atoms. The van der Waals surface area contributed by atoms with E-state index in [9.17, 15) is 4.79 Å². The average Bonchev–Trinajstić information content (AvgIpc) is 2.75. The summed E-state index contributed by atoms with van der Waals surface area (Å²) in [6.45, 7) is 2.83. The van der Waals surface area contributed by atoms with Gasteiger partial charge in [-0.15, -0.1) is 0 Å². The van der Waals surface area contributed by atoms with Crippen LogP contribution in [0.3, 0.4) is 0 Å². The number of aromatic nitrogens is 1. The summed E-state index contributed by atoms with van der Waals surface area (Å²) < 4.78 is 10.5. The molecular formula is C22H23N3O3. The molecule has 3 aromatic rings. The smallest absolute Gasteiger partial charge is 0.274 e. The van der Waals surface area contributed by atoms with Crippen LogP contribution in [0.15, 0.2) is 66.9 Å². The van der Waals surface area contributed by atoms with Crippen LogP contribution in [0.2, 0.25) is 0 Å². The van der Waals surface area contributed by atoms with Gasteiger partial charge in [0.25, 0.3) is 5.91 Å². The second-order valence-electron chi connectivity index (χ2n) is 6.00. The summed E-state index contributed by atoms with van der Waals surface area (Å²) in [4.78, 5) is 19.1. The summed E-state index contributed by atoms with van der Waals surface area (Å²) in [5.74, 6) is 0.856. The summed E-state index contributed by atoms with van der Waals surface area (Å²) in [7, 11) is 3.12. The maximum absolute atomic E-state index is 12.8.